The Morgan fingerprint density at radius 1 is 1.00 bits per heavy atom. The van der Waals surface area contributed by atoms with Crippen molar-refractivity contribution >= 4 is 37.0 Å². The van der Waals surface area contributed by atoms with Crippen LogP contribution in [0, 0.1) is 0 Å². The molecule has 0 N–H and O–H groups in total. The second-order valence-electron chi connectivity index (χ2n) is 4.35. The second-order valence-corrected chi connectivity index (χ2v) is 6.72. The molecule has 1 aliphatic rings. The molecule has 0 aliphatic heterocycles. The van der Waals surface area contributed by atoms with Crippen LogP contribution in [0.2, 0.25) is 0 Å². The molecule has 1 aromatic carbocycles. The number of hydrogen-bond donors (Lipinski definition) is 0. The standard InChI is InChI=1S/C13H12NS2/c1-3-7-11-9(5-1)14-10-6-2-4-8-12(10)16-13(14)15-11/h1,3,5,7H,2,4,6,8H2/q+1. The van der Waals surface area contributed by atoms with Crippen LogP contribution in [0.4, 0.5) is 0 Å². The van der Waals surface area contributed by atoms with Crippen LogP contribution >= 0.6 is 22.7 Å². The summed E-state index contributed by atoms with van der Waals surface area (Å²) in [5, 5.41) is 0. The molecule has 2 aromatic heterocycles. The van der Waals surface area contributed by atoms with Gasteiger partial charge in [0.25, 0.3) is 0 Å². The lowest BCUT2D eigenvalue weighted by Gasteiger charge is -2.04. The van der Waals surface area contributed by atoms with Crippen molar-refractivity contribution < 1.29 is 4.40 Å². The zero-order chi connectivity index (χ0) is 10.5. The van der Waals surface area contributed by atoms with Crippen molar-refractivity contribution in [1.82, 2.24) is 0 Å². The first kappa shape index (κ1) is 9.14. The molecule has 0 saturated heterocycles. The molecule has 0 unspecified atom stereocenters. The molecule has 0 fully saturated rings. The van der Waals surface area contributed by atoms with Gasteiger partial charge in [-0.25, -0.2) is 0 Å². The summed E-state index contributed by atoms with van der Waals surface area (Å²) in [4.78, 5) is 1.63. The van der Waals surface area contributed by atoms with E-state index in [9.17, 15) is 0 Å². The van der Waals surface area contributed by atoms with Crippen LogP contribution in [0.3, 0.4) is 0 Å². The van der Waals surface area contributed by atoms with E-state index < -0.39 is 0 Å². The van der Waals surface area contributed by atoms with Crippen LogP contribution in [-0.2, 0) is 12.8 Å². The first-order chi connectivity index (χ1) is 7.93. The summed E-state index contributed by atoms with van der Waals surface area (Å²) in [5.74, 6) is 0. The van der Waals surface area contributed by atoms with Crippen LogP contribution in [0.25, 0.3) is 14.4 Å². The van der Waals surface area contributed by atoms with Gasteiger partial charge >= 0.3 is 4.14 Å². The third-order valence-corrected chi connectivity index (χ3v) is 5.82. The zero-order valence-electron chi connectivity index (χ0n) is 8.90. The van der Waals surface area contributed by atoms with E-state index in [2.05, 4.69) is 28.7 Å². The van der Waals surface area contributed by atoms with Gasteiger partial charge in [-0.3, -0.25) is 0 Å². The van der Waals surface area contributed by atoms with E-state index >= 15 is 0 Å². The number of thiazole rings is 2. The molecule has 3 heteroatoms. The van der Waals surface area contributed by atoms with Gasteiger partial charge in [0.05, 0.1) is 4.88 Å². The van der Waals surface area contributed by atoms with E-state index in [0.29, 0.717) is 0 Å². The molecule has 0 saturated carbocycles. The Morgan fingerprint density at radius 2 is 1.88 bits per heavy atom. The highest BCUT2D eigenvalue weighted by Crippen LogP contribution is 2.32. The first-order valence-corrected chi connectivity index (χ1v) is 7.40. The number of aryl methyl sites for hydroxylation is 2. The van der Waals surface area contributed by atoms with Crippen molar-refractivity contribution in [2.45, 2.75) is 25.7 Å². The maximum atomic E-state index is 2.50. The van der Waals surface area contributed by atoms with Crippen LogP contribution < -0.4 is 4.40 Å². The minimum absolute atomic E-state index is 1.26. The Morgan fingerprint density at radius 3 is 2.88 bits per heavy atom. The fourth-order valence-electron chi connectivity index (χ4n) is 2.60. The van der Waals surface area contributed by atoms with Crippen molar-refractivity contribution in [1.29, 1.82) is 0 Å². The summed E-state index contributed by atoms with van der Waals surface area (Å²) < 4.78 is 5.38. The van der Waals surface area contributed by atoms with Crippen molar-refractivity contribution in [3.8, 4) is 0 Å². The molecule has 16 heavy (non-hydrogen) atoms. The molecule has 0 radical (unpaired) electrons. The summed E-state index contributed by atoms with van der Waals surface area (Å²) in [6, 6.07) is 8.76. The number of hydrogen-bond acceptors (Lipinski definition) is 2. The van der Waals surface area contributed by atoms with Gasteiger partial charge in [-0.1, -0.05) is 34.8 Å². The van der Waals surface area contributed by atoms with Gasteiger partial charge in [0.15, 0.2) is 0 Å². The predicted molar refractivity (Wildman–Crippen MR) is 69.5 cm³/mol. The van der Waals surface area contributed by atoms with Gasteiger partial charge in [0.1, 0.15) is 4.70 Å². The number of fused-ring (bicyclic) bond motifs is 5. The molecule has 2 heterocycles. The van der Waals surface area contributed by atoms with Gasteiger partial charge in [-0.15, -0.1) is 4.40 Å². The number of nitrogens with zero attached hydrogens (tertiary/aromatic N) is 1. The third-order valence-electron chi connectivity index (χ3n) is 3.36. The smallest absolute Gasteiger partial charge is 0.137 e. The molecule has 0 atom stereocenters. The SMILES string of the molecule is c1ccc2c(c1)sc1sc3c([n+]12)CCCC3. The van der Waals surface area contributed by atoms with Crippen molar-refractivity contribution in [3.05, 3.63) is 34.8 Å². The summed E-state index contributed by atoms with van der Waals surface area (Å²) in [6.45, 7) is 0. The minimum Gasteiger partial charge on any atom is -0.137 e. The number of aromatic nitrogens is 1. The van der Waals surface area contributed by atoms with Crippen LogP contribution in [0.15, 0.2) is 24.3 Å². The maximum Gasteiger partial charge on any atom is 0.326 e. The Kier molecular flexibility index (Phi) is 1.87. The lowest BCUT2D eigenvalue weighted by molar-refractivity contribution is -0.484. The Hall–Kier alpha value is -0.930. The summed E-state index contributed by atoms with van der Waals surface area (Å²) in [7, 11) is 0. The Balaban J connectivity index is 2.18. The zero-order valence-corrected chi connectivity index (χ0v) is 10.5. The highest BCUT2D eigenvalue weighted by molar-refractivity contribution is 7.38. The fraction of sp³-hybridized carbons (Fsp3) is 0.308. The fourth-order valence-corrected chi connectivity index (χ4v) is 5.31. The summed E-state index contributed by atoms with van der Waals surface area (Å²) >= 11 is 3.94. The molecular weight excluding hydrogens is 234 g/mol. The molecule has 4 rings (SSSR count). The summed E-state index contributed by atoms with van der Waals surface area (Å²) in [6.07, 6.45) is 5.29. The van der Waals surface area contributed by atoms with E-state index in [1.165, 1.54) is 40.0 Å². The van der Waals surface area contributed by atoms with Gasteiger partial charge < -0.3 is 0 Å². The van der Waals surface area contributed by atoms with Crippen LogP contribution in [0.5, 0.6) is 0 Å². The van der Waals surface area contributed by atoms with Crippen LogP contribution in [-0.4, -0.2) is 0 Å². The van der Waals surface area contributed by atoms with E-state index in [0.717, 1.165) is 0 Å². The van der Waals surface area contributed by atoms with Crippen molar-refractivity contribution in [2.75, 3.05) is 0 Å². The topological polar surface area (TPSA) is 4.10 Å². The molecule has 1 nitrogen and oxygen atoms in total. The third kappa shape index (κ3) is 1.13. The molecule has 1 aliphatic carbocycles. The van der Waals surface area contributed by atoms with Gasteiger partial charge in [0.2, 0.25) is 11.2 Å². The molecule has 80 valence electrons. The Labute approximate surface area is 102 Å². The van der Waals surface area contributed by atoms with Gasteiger partial charge in [0, 0.05) is 12.5 Å². The highest BCUT2D eigenvalue weighted by atomic mass is 32.2. The highest BCUT2D eigenvalue weighted by Gasteiger charge is 2.27. The molecule has 3 aromatic rings. The maximum absolute atomic E-state index is 2.50. The average molecular weight is 246 g/mol. The number of rotatable bonds is 0. The lowest BCUT2D eigenvalue weighted by atomic mass is 10.0. The summed E-state index contributed by atoms with van der Waals surface area (Å²) in [5.41, 5.74) is 2.99. The van der Waals surface area contributed by atoms with Crippen molar-refractivity contribution in [3.63, 3.8) is 0 Å². The molecular formula is C13H12NS2+. The normalized spacial score (nSPS) is 15.8. The van der Waals surface area contributed by atoms with Gasteiger partial charge in [-0.05, 0) is 25.3 Å². The van der Waals surface area contributed by atoms with Gasteiger partial charge in [-0.2, -0.15) is 0 Å². The molecule has 0 bridgehead atoms. The van der Waals surface area contributed by atoms with E-state index in [-0.39, 0.29) is 0 Å². The first-order valence-electron chi connectivity index (χ1n) is 5.77. The number of benzene rings is 1. The Bertz CT molecular complexity index is 678. The van der Waals surface area contributed by atoms with E-state index in [1.807, 2.05) is 22.7 Å². The second kappa shape index (κ2) is 3.28. The lowest BCUT2D eigenvalue weighted by Crippen LogP contribution is -2.24. The van der Waals surface area contributed by atoms with E-state index in [4.69, 9.17) is 0 Å². The quantitative estimate of drug-likeness (QED) is 0.534. The largest absolute Gasteiger partial charge is 0.326 e. The number of para-hydroxylation sites is 1. The monoisotopic (exact) mass is 246 g/mol. The molecule has 0 amide bonds. The van der Waals surface area contributed by atoms with E-state index in [1.54, 1.807) is 10.6 Å². The minimum atomic E-state index is 1.26. The average Bonchev–Trinajstić information content (AvgIpc) is 2.83. The molecule has 0 spiro atoms. The van der Waals surface area contributed by atoms with Crippen LogP contribution in [0.1, 0.15) is 23.4 Å². The van der Waals surface area contributed by atoms with Crippen molar-refractivity contribution in [2.24, 2.45) is 0 Å². The predicted octanol–water partition coefficient (Wildman–Crippen LogP) is 3.58.